The lowest BCUT2D eigenvalue weighted by Crippen LogP contribution is -2.34. The van der Waals surface area contributed by atoms with Crippen LogP contribution in [0.2, 0.25) is 0 Å². The van der Waals surface area contributed by atoms with Gasteiger partial charge in [-0.2, -0.15) is 4.98 Å². The van der Waals surface area contributed by atoms with Crippen molar-refractivity contribution in [2.45, 2.75) is 31.2 Å². The third-order valence-electron chi connectivity index (χ3n) is 3.29. The molecule has 0 amide bonds. The molecule has 0 aromatic carbocycles. The Hall–Kier alpha value is -1.69. The number of aromatic nitrogens is 4. The zero-order chi connectivity index (χ0) is 11.9. The predicted molar refractivity (Wildman–Crippen MR) is 60.8 cm³/mol. The second-order valence-electron chi connectivity index (χ2n) is 4.71. The number of hydrogen-bond acceptors (Lipinski definition) is 5. The summed E-state index contributed by atoms with van der Waals surface area (Å²) in [4.78, 5) is 8.54. The summed E-state index contributed by atoms with van der Waals surface area (Å²) >= 11 is 0. The Morgan fingerprint density at radius 2 is 2.18 bits per heavy atom. The van der Waals surface area contributed by atoms with Crippen molar-refractivity contribution in [1.29, 1.82) is 0 Å². The van der Waals surface area contributed by atoms with Crippen LogP contribution in [-0.4, -0.2) is 19.7 Å². The molecule has 90 valence electrons. The van der Waals surface area contributed by atoms with E-state index in [9.17, 15) is 0 Å². The van der Waals surface area contributed by atoms with Gasteiger partial charge in [-0.05, 0) is 12.8 Å². The molecule has 0 bridgehead atoms. The normalized spacial score (nSPS) is 18.7. The summed E-state index contributed by atoms with van der Waals surface area (Å²) in [5, 5.41) is 4.00. The van der Waals surface area contributed by atoms with E-state index in [1.807, 2.05) is 17.8 Å². The van der Waals surface area contributed by atoms with Crippen LogP contribution >= 0.6 is 0 Å². The van der Waals surface area contributed by atoms with Crippen molar-refractivity contribution in [3.63, 3.8) is 0 Å². The lowest BCUT2D eigenvalue weighted by molar-refractivity contribution is 0.372. The average molecular weight is 233 g/mol. The summed E-state index contributed by atoms with van der Waals surface area (Å²) in [5.74, 6) is 1.05. The summed E-state index contributed by atoms with van der Waals surface area (Å²) in [6.45, 7) is 0. The van der Waals surface area contributed by atoms with E-state index in [4.69, 9.17) is 10.3 Å². The van der Waals surface area contributed by atoms with Crippen molar-refractivity contribution in [2.75, 3.05) is 0 Å². The molecule has 1 saturated carbocycles. The lowest BCUT2D eigenvalue weighted by Gasteiger charge is -2.17. The molecule has 2 aromatic heterocycles. The minimum absolute atomic E-state index is 0.406. The highest BCUT2D eigenvalue weighted by molar-refractivity contribution is 5.44. The van der Waals surface area contributed by atoms with E-state index in [-0.39, 0.29) is 0 Å². The van der Waals surface area contributed by atoms with Gasteiger partial charge >= 0.3 is 0 Å². The number of imidazole rings is 1. The van der Waals surface area contributed by atoms with Gasteiger partial charge in [-0.15, -0.1) is 0 Å². The summed E-state index contributed by atoms with van der Waals surface area (Å²) in [6.07, 6.45) is 7.65. The third kappa shape index (κ3) is 1.74. The maximum atomic E-state index is 6.27. The minimum atomic E-state index is -0.406. The Bertz CT molecular complexity index is 523. The van der Waals surface area contributed by atoms with Gasteiger partial charge in [0.15, 0.2) is 5.82 Å². The van der Waals surface area contributed by atoms with Crippen molar-refractivity contribution in [1.82, 2.24) is 19.7 Å². The maximum Gasteiger partial charge on any atom is 0.278 e. The number of rotatable bonds is 2. The lowest BCUT2D eigenvalue weighted by atomic mass is 9.99. The molecule has 6 nitrogen and oxygen atoms in total. The van der Waals surface area contributed by atoms with Gasteiger partial charge < -0.3 is 14.8 Å². The molecule has 2 aromatic rings. The summed E-state index contributed by atoms with van der Waals surface area (Å²) in [5.41, 5.74) is 6.55. The molecular formula is C11H15N5O. The van der Waals surface area contributed by atoms with Crippen molar-refractivity contribution in [3.8, 4) is 11.6 Å². The first-order valence-corrected chi connectivity index (χ1v) is 5.79. The third-order valence-corrected chi connectivity index (χ3v) is 3.29. The van der Waals surface area contributed by atoms with Crippen LogP contribution in [0.25, 0.3) is 11.6 Å². The summed E-state index contributed by atoms with van der Waals surface area (Å²) in [7, 11) is 1.90. The van der Waals surface area contributed by atoms with Crippen molar-refractivity contribution in [2.24, 2.45) is 12.8 Å². The van der Waals surface area contributed by atoms with E-state index in [0.717, 1.165) is 25.7 Å². The van der Waals surface area contributed by atoms with Gasteiger partial charge in [0, 0.05) is 13.2 Å². The molecule has 0 unspecified atom stereocenters. The zero-order valence-electron chi connectivity index (χ0n) is 9.76. The van der Waals surface area contributed by atoms with Crippen LogP contribution in [0, 0.1) is 0 Å². The molecule has 3 rings (SSSR count). The van der Waals surface area contributed by atoms with E-state index in [2.05, 4.69) is 15.1 Å². The number of nitrogens with two attached hydrogens (primary N) is 1. The molecule has 2 heterocycles. The topological polar surface area (TPSA) is 82.8 Å². The van der Waals surface area contributed by atoms with E-state index in [0.29, 0.717) is 17.4 Å². The van der Waals surface area contributed by atoms with Gasteiger partial charge in [0.2, 0.25) is 0 Å². The molecule has 17 heavy (non-hydrogen) atoms. The summed E-state index contributed by atoms with van der Waals surface area (Å²) in [6, 6.07) is 0. The Morgan fingerprint density at radius 3 is 2.82 bits per heavy atom. The molecule has 0 aliphatic heterocycles. The Morgan fingerprint density at radius 1 is 1.41 bits per heavy atom. The van der Waals surface area contributed by atoms with Crippen LogP contribution in [0.1, 0.15) is 31.5 Å². The Labute approximate surface area is 98.8 Å². The molecule has 0 spiro atoms. The van der Waals surface area contributed by atoms with Crippen molar-refractivity contribution >= 4 is 0 Å². The predicted octanol–water partition coefficient (Wildman–Crippen LogP) is 1.20. The van der Waals surface area contributed by atoms with Crippen LogP contribution in [0.15, 0.2) is 17.0 Å². The van der Waals surface area contributed by atoms with Crippen LogP contribution in [0.4, 0.5) is 0 Å². The molecule has 6 heteroatoms. The van der Waals surface area contributed by atoms with Crippen molar-refractivity contribution in [3.05, 3.63) is 18.3 Å². The zero-order valence-corrected chi connectivity index (χ0v) is 9.76. The second-order valence-corrected chi connectivity index (χ2v) is 4.71. The Balaban J connectivity index is 1.92. The number of hydrogen-bond donors (Lipinski definition) is 1. The molecular weight excluding hydrogens is 218 g/mol. The van der Waals surface area contributed by atoms with Gasteiger partial charge in [-0.3, -0.25) is 0 Å². The molecule has 1 aliphatic rings. The highest BCUT2D eigenvalue weighted by Crippen LogP contribution is 2.35. The van der Waals surface area contributed by atoms with E-state index < -0.39 is 5.54 Å². The highest BCUT2D eigenvalue weighted by atomic mass is 16.5. The SMILES string of the molecule is Cn1cnc(-c2nc(C3(N)CCCC3)no2)c1. The van der Waals surface area contributed by atoms with E-state index >= 15 is 0 Å². The Kier molecular flexibility index (Phi) is 2.25. The van der Waals surface area contributed by atoms with Gasteiger partial charge in [0.25, 0.3) is 5.89 Å². The fraction of sp³-hybridized carbons (Fsp3) is 0.545. The second kappa shape index (κ2) is 3.66. The smallest absolute Gasteiger partial charge is 0.278 e. The fourth-order valence-corrected chi connectivity index (χ4v) is 2.28. The van der Waals surface area contributed by atoms with Gasteiger partial charge in [-0.25, -0.2) is 4.98 Å². The monoisotopic (exact) mass is 233 g/mol. The van der Waals surface area contributed by atoms with Crippen molar-refractivity contribution < 1.29 is 4.52 Å². The van der Waals surface area contributed by atoms with Gasteiger partial charge in [0.05, 0.1) is 11.9 Å². The molecule has 0 atom stereocenters. The van der Waals surface area contributed by atoms with Crippen LogP contribution in [0.5, 0.6) is 0 Å². The first-order chi connectivity index (χ1) is 8.17. The molecule has 1 aliphatic carbocycles. The highest BCUT2D eigenvalue weighted by Gasteiger charge is 2.36. The van der Waals surface area contributed by atoms with Crippen LogP contribution in [0.3, 0.4) is 0 Å². The molecule has 0 radical (unpaired) electrons. The molecule has 0 saturated heterocycles. The molecule has 1 fully saturated rings. The summed E-state index contributed by atoms with van der Waals surface area (Å²) < 4.78 is 7.06. The first kappa shape index (κ1) is 10.5. The van der Waals surface area contributed by atoms with Crippen LogP contribution < -0.4 is 5.73 Å². The largest absolute Gasteiger partial charge is 0.340 e. The maximum absolute atomic E-state index is 6.27. The van der Waals surface area contributed by atoms with E-state index in [1.54, 1.807) is 6.33 Å². The standard InChI is InChI=1S/C11H15N5O/c1-16-6-8(13-7-16)9-14-10(15-17-9)11(12)4-2-3-5-11/h6-7H,2-5,12H2,1H3. The number of aryl methyl sites for hydroxylation is 1. The van der Waals surface area contributed by atoms with Gasteiger partial charge in [-0.1, -0.05) is 18.0 Å². The first-order valence-electron chi connectivity index (χ1n) is 5.79. The fourth-order valence-electron chi connectivity index (χ4n) is 2.28. The number of nitrogens with zero attached hydrogens (tertiary/aromatic N) is 4. The molecule has 2 N–H and O–H groups in total. The van der Waals surface area contributed by atoms with E-state index in [1.165, 1.54) is 0 Å². The quantitative estimate of drug-likeness (QED) is 0.842. The van der Waals surface area contributed by atoms with Crippen LogP contribution in [-0.2, 0) is 12.6 Å². The minimum Gasteiger partial charge on any atom is -0.340 e. The average Bonchev–Trinajstić information content (AvgIpc) is 2.96. The van der Waals surface area contributed by atoms with Gasteiger partial charge in [0.1, 0.15) is 5.69 Å².